The van der Waals surface area contributed by atoms with E-state index < -0.39 is 9.84 Å². The van der Waals surface area contributed by atoms with E-state index in [1.54, 1.807) is 0 Å². The third-order valence-corrected chi connectivity index (χ3v) is 4.09. The average Bonchev–Trinajstić information content (AvgIpc) is 2.06. The molecular weight excluding hydrogens is 292 g/mol. The van der Waals surface area contributed by atoms with Crippen molar-refractivity contribution in [3.05, 3.63) is 20.2 Å². The summed E-state index contributed by atoms with van der Waals surface area (Å²) in [5.41, 5.74) is 0. The number of rotatable bonds is 1. The average molecular weight is 295 g/mol. The maximum Gasteiger partial charge on any atom is 0.194 e. The second-order valence-electron chi connectivity index (χ2n) is 2.42. The molecule has 0 amide bonds. The highest BCUT2D eigenvalue weighted by molar-refractivity contribution is 7.90. The Morgan fingerprint density at radius 1 is 1.00 bits per heavy atom. The lowest BCUT2D eigenvalue weighted by molar-refractivity contribution is 0.598. The van der Waals surface area contributed by atoms with Crippen LogP contribution in [0.4, 0.5) is 0 Å². The Balaban J connectivity index is 3.66. The lowest BCUT2D eigenvalue weighted by Crippen LogP contribution is -2.02. The molecule has 1 aromatic heterocycles. The number of aromatic nitrogens is 1. The first-order valence-electron chi connectivity index (χ1n) is 3.15. The van der Waals surface area contributed by atoms with Gasteiger partial charge >= 0.3 is 0 Å². The number of sulfone groups is 1. The van der Waals surface area contributed by atoms with Crippen LogP contribution in [0.1, 0.15) is 0 Å². The molecule has 14 heavy (non-hydrogen) atoms. The minimum atomic E-state index is -3.57. The van der Waals surface area contributed by atoms with Crippen molar-refractivity contribution in [1.29, 1.82) is 0 Å². The van der Waals surface area contributed by atoms with Crippen LogP contribution in [0, 0.1) is 0 Å². The minimum Gasteiger partial charge on any atom is -0.222 e. The quantitative estimate of drug-likeness (QED) is 0.748. The van der Waals surface area contributed by atoms with E-state index in [0.29, 0.717) is 0 Å². The summed E-state index contributed by atoms with van der Waals surface area (Å²) in [6.45, 7) is 0. The van der Waals surface area contributed by atoms with Gasteiger partial charge in [-0.05, 0) is 0 Å². The lowest BCUT2D eigenvalue weighted by atomic mass is 10.5. The molecule has 0 aliphatic rings. The first kappa shape index (κ1) is 12.3. The first-order valence-corrected chi connectivity index (χ1v) is 6.55. The van der Waals surface area contributed by atoms with Gasteiger partial charge in [0.15, 0.2) is 20.0 Å². The van der Waals surface area contributed by atoms with Crippen molar-refractivity contribution < 1.29 is 8.42 Å². The highest BCUT2D eigenvalue weighted by Gasteiger charge is 2.21. The fourth-order valence-electron chi connectivity index (χ4n) is 0.714. The second kappa shape index (κ2) is 4.02. The van der Waals surface area contributed by atoms with Crippen molar-refractivity contribution in [2.45, 2.75) is 5.03 Å². The highest BCUT2D eigenvalue weighted by atomic mass is 35.5. The largest absolute Gasteiger partial charge is 0.222 e. The Morgan fingerprint density at radius 3 is 1.93 bits per heavy atom. The smallest absolute Gasteiger partial charge is 0.194 e. The van der Waals surface area contributed by atoms with Gasteiger partial charge in [0.25, 0.3) is 0 Å². The first-order chi connectivity index (χ1) is 6.25. The van der Waals surface area contributed by atoms with E-state index in [9.17, 15) is 8.42 Å². The molecule has 3 nitrogen and oxygen atoms in total. The van der Waals surface area contributed by atoms with Crippen LogP contribution < -0.4 is 0 Å². The van der Waals surface area contributed by atoms with Crippen molar-refractivity contribution >= 4 is 56.2 Å². The van der Waals surface area contributed by atoms with Crippen LogP contribution in [0.3, 0.4) is 0 Å². The summed E-state index contributed by atoms with van der Waals surface area (Å²) in [5.74, 6) is 0. The molecule has 1 aromatic rings. The van der Waals surface area contributed by atoms with Crippen LogP contribution in [0.5, 0.6) is 0 Å². The SMILES string of the molecule is CS(=O)(=O)c1nc(Cl)c(Cl)c(Cl)c1Cl. The van der Waals surface area contributed by atoms with Gasteiger partial charge in [0, 0.05) is 6.26 Å². The molecule has 8 heteroatoms. The van der Waals surface area contributed by atoms with E-state index in [0.717, 1.165) is 6.26 Å². The van der Waals surface area contributed by atoms with Gasteiger partial charge in [0.1, 0.15) is 0 Å². The molecule has 0 radical (unpaired) electrons. The number of hydrogen-bond donors (Lipinski definition) is 0. The van der Waals surface area contributed by atoms with E-state index in [1.165, 1.54) is 0 Å². The summed E-state index contributed by atoms with van der Waals surface area (Å²) in [6, 6.07) is 0. The standard InChI is InChI=1S/C6H3Cl4NO2S/c1-14(12,13)6-4(9)2(7)3(8)5(10)11-6/h1H3. The third kappa shape index (κ3) is 2.25. The summed E-state index contributed by atoms with van der Waals surface area (Å²) in [4.78, 5) is 3.53. The lowest BCUT2D eigenvalue weighted by Gasteiger charge is -2.05. The fourth-order valence-corrected chi connectivity index (χ4v) is 2.65. The van der Waals surface area contributed by atoms with E-state index >= 15 is 0 Å². The summed E-state index contributed by atoms with van der Waals surface area (Å²) >= 11 is 22.4. The molecule has 0 aliphatic carbocycles. The van der Waals surface area contributed by atoms with Gasteiger partial charge in [-0.1, -0.05) is 46.4 Å². The van der Waals surface area contributed by atoms with Gasteiger partial charge in [-0.15, -0.1) is 0 Å². The van der Waals surface area contributed by atoms with Crippen molar-refractivity contribution in [2.75, 3.05) is 6.26 Å². The number of hydrogen-bond acceptors (Lipinski definition) is 3. The number of pyridine rings is 1. The zero-order valence-electron chi connectivity index (χ0n) is 6.68. The number of halogens is 4. The summed E-state index contributed by atoms with van der Waals surface area (Å²) < 4.78 is 22.3. The molecule has 0 unspecified atom stereocenters. The van der Waals surface area contributed by atoms with Crippen LogP contribution in [-0.4, -0.2) is 19.7 Å². The zero-order chi connectivity index (χ0) is 11.1. The van der Waals surface area contributed by atoms with Crippen molar-refractivity contribution in [3.63, 3.8) is 0 Å². The second-order valence-corrected chi connectivity index (χ2v) is 5.84. The molecule has 0 saturated carbocycles. The van der Waals surface area contributed by atoms with Gasteiger partial charge in [-0.2, -0.15) is 0 Å². The highest BCUT2D eigenvalue weighted by Crippen LogP contribution is 2.37. The van der Waals surface area contributed by atoms with Gasteiger partial charge in [-0.3, -0.25) is 0 Å². The van der Waals surface area contributed by atoms with Crippen LogP contribution in [0.2, 0.25) is 20.2 Å². The predicted octanol–water partition coefficient (Wildman–Crippen LogP) is 3.10. The molecule has 0 N–H and O–H groups in total. The van der Waals surface area contributed by atoms with Crippen molar-refractivity contribution in [2.24, 2.45) is 0 Å². The molecule has 1 heterocycles. The van der Waals surface area contributed by atoms with Crippen molar-refractivity contribution in [1.82, 2.24) is 4.98 Å². The fraction of sp³-hybridized carbons (Fsp3) is 0.167. The Labute approximate surface area is 101 Å². The molecule has 0 saturated heterocycles. The van der Waals surface area contributed by atoms with E-state index in [2.05, 4.69) is 4.98 Å². The maximum absolute atomic E-state index is 11.2. The molecular formula is C6H3Cl4NO2S. The Kier molecular flexibility index (Phi) is 3.54. The van der Waals surface area contributed by atoms with Crippen LogP contribution >= 0.6 is 46.4 Å². The molecule has 0 spiro atoms. The van der Waals surface area contributed by atoms with Gasteiger partial charge in [0.05, 0.1) is 15.1 Å². The Hall–Kier alpha value is 0.260. The van der Waals surface area contributed by atoms with Crippen molar-refractivity contribution in [3.8, 4) is 0 Å². The summed E-state index contributed by atoms with van der Waals surface area (Å²) in [5, 5.41) is -0.969. The molecule has 0 atom stereocenters. The predicted molar refractivity (Wildman–Crippen MR) is 57.4 cm³/mol. The molecule has 1 rings (SSSR count). The van der Waals surface area contributed by atoms with Gasteiger partial charge < -0.3 is 0 Å². The Morgan fingerprint density at radius 2 is 1.50 bits per heavy atom. The molecule has 0 aliphatic heterocycles. The molecule has 0 fully saturated rings. The topological polar surface area (TPSA) is 47.0 Å². The number of nitrogens with zero attached hydrogens (tertiary/aromatic N) is 1. The van der Waals surface area contributed by atoms with Gasteiger partial charge in [0.2, 0.25) is 0 Å². The zero-order valence-corrected chi connectivity index (χ0v) is 10.5. The van der Waals surface area contributed by atoms with Crippen LogP contribution in [0.25, 0.3) is 0 Å². The minimum absolute atomic E-state index is 0.0641. The Bertz CT molecular complexity index is 485. The third-order valence-electron chi connectivity index (χ3n) is 1.31. The van der Waals surface area contributed by atoms with Crippen LogP contribution in [-0.2, 0) is 9.84 Å². The summed E-state index contributed by atoms with van der Waals surface area (Å²) in [6.07, 6.45) is 0.946. The molecule has 78 valence electrons. The van der Waals surface area contributed by atoms with E-state index in [4.69, 9.17) is 46.4 Å². The van der Waals surface area contributed by atoms with Gasteiger partial charge in [-0.25, -0.2) is 13.4 Å². The molecule has 0 bridgehead atoms. The van der Waals surface area contributed by atoms with Crippen LogP contribution in [0.15, 0.2) is 5.03 Å². The van der Waals surface area contributed by atoms with E-state index in [-0.39, 0.29) is 25.2 Å². The molecule has 0 aromatic carbocycles. The monoisotopic (exact) mass is 293 g/mol. The van der Waals surface area contributed by atoms with E-state index in [1.807, 2.05) is 0 Å². The normalized spacial score (nSPS) is 11.8. The summed E-state index contributed by atoms with van der Waals surface area (Å²) in [7, 11) is -3.57. The maximum atomic E-state index is 11.2.